The third-order valence-corrected chi connectivity index (χ3v) is 0.886. The third-order valence-electron chi connectivity index (χ3n) is 0.886. The third kappa shape index (κ3) is 5.29. The number of carboxylic acid groups (broad SMARTS) is 1. The number of carboxylic acids is 1. The molecule has 0 aromatic carbocycles. The molecule has 15 heavy (non-hydrogen) atoms. The first kappa shape index (κ1) is 12.9. The Morgan fingerprint density at radius 3 is 2.07 bits per heavy atom. The smallest absolute Gasteiger partial charge is 0.475 e. The zero-order valence-electron chi connectivity index (χ0n) is 6.99. The predicted octanol–water partition coefficient (Wildman–Crippen LogP) is 0.407. The minimum absolute atomic E-state index is 0.0509. The fourth-order valence-electron chi connectivity index (χ4n) is 0.345. The molecule has 0 aliphatic heterocycles. The van der Waals surface area contributed by atoms with Crippen LogP contribution in [0.4, 0.5) is 13.2 Å². The summed E-state index contributed by atoms with van der Waals surface area (Å²) in [6.07, 6.45) is -2.43. The summed E-state index contributed by atoms with van der Waals surface area (Å²) in [5.41, 5.74) is 4.76. The van der Waals surface area contributed by atoms with Gasteiger partial charge in [0.2, 0.25) is 0 Å². The molecule has 84 valence electrons. The van der Waals surface area contributed by atoms with Crippen molar-refractivity contribution in [1.82, 2.24) is 4.98 Å². The Hall–Kier alpha value is -2.06. The summed E-state index contributed by atoms with van der Waals surface area (Å²) in [7, 11) is 0. The summed E-state index contributed by atoms with van der Waals surface area (Å²) >= 11 is 0. The minimum Gasteiger partial charge on any atom is -0.475 e. The first-order valence-corrected chi connectivity index (χ1v) is 3.24. The molecule has 0 aliphatic carbocycles. The van der Waals surface area contributed by atoms with Gasteiger partial charge < -0.3 is 15.3 Å². The fraction of sp³-hybridized carbons (Fsp3) is 0.167. The van der Waals surface area contributed by atoms with Gasteiger partial charge >= 0.3 is 18.1 Å². The van der Waals surface area contributed by atoms with Crippen molar-refractivity contribution in [3.05, 3.63) is 18.4 Å². The number of nitrogens with zero attached hydrogens (tertiary/aromatic N) is 1. The van der Waals surface area contributed by atoms with Crippen LogP contribution < -0.4 is 5.73 Å². The van der Waals surface area contributed by atoms with Crippen molar-refractivity contribution in [2.24, 2.45) is 5.73 Å². The number of aromatic nitrogens is 1. The molecule has 1 aromatic rings. The van der Waals surface area contributed by atoms with E-state index in [4.69, 9.17) is 15.6 Å². The number of hydrogen-bond donors (Lipinski definition) is 2. The van der Waals surface area contributed by atoms with E-state index in [2.05, 4.69) is 9.40 Å². The number of oxazole rings is 1. The monoisotopic (exact) mass is 226 g/mol. The highest BCUT2D eigenvalue weighted by atomic mass is 19.4. The molecule has 0 saturated heterocycles. The van der Waals surface area contributed by atoms with Crippen LogP contribution in [0.5, 0.6) is 0 Å². The normalized spacial score (nSPS) is 10.1. The van der Waals surface area contributed by atoms with Gasteiger partial charge in [0.25, 0.3) is 5.89 Å². The summed E-state index contributed by atoms with van der Waals surface area (Å²) in [4.78, 5) is 22.5. The van der Waals surface area contributed by atoms with Gasteiger partial charge in [-0.2, -0.15) is 13.2 Å². The molecule has 1 aromatic heterocycles. The minimum atomic E-state index is -5.08. The van der Waals surface area contributed by atoms with E-state index >= 15 is 0 Å². The van der Waals surface area contributed by atoms with Gasteiger partial charge in [-0.05, 0) is 0 Å². The van der Waals surface area contributed by atoms with Gasteiger partial charge in [-0.1, -0.05) is 0 Å². The molecule has 1 heterocycles. The van der Waals surface area contributed by atoms with Crippen LogP contribution in [0.25, 0.3) is 0 Å². The molecule has 3 N–H and O–H groups in total. The van der Waals surface area contributed by atoms with Crippen molar-refractivity contribution in [1.29, 1.82) is 0 Å². The Morgan fingerprint density at radius 1 is 1.47 bits per heavy atom. The number of alkyl halides is 3. The van der Waals surface area contributed by atoms with Gasteiger partial charge in [0.1, 0.15) is 6.26 Å². The Balaban J connectivity index is 0.000000265. The molecule has 0 radical (unpaired) electrons. The maximum Gasteiger partial charge on any atom is 0.490 e. The molecule has 0 bridgehead atoms. The molecule has 1 amide bonds. The van der Waals surface area contributed by atoms with Gasteiger partial charge in [-0.3, -0.25) is 4.79 Å². The van der Waals surface area contributed by atoms with E-state index in [9.17, 15) is 18.0 Å². The molecule has 0 atom stereocenters. The van der Waals surface area contributed by atoms with E-state index < -0.39 is 18.1 Å². The molecule has 0 aliphatic rings. The second kappa shape index (κ2) is 4.98. The van der Waals surface area contributed by atoms with Crippen LogP contribution in [0, 0.1) is 0 Å². The quantitative estimate of drug-likeness (QED) is 0.721. The van der Waals surface area contributed by atoms with E-state index in [0.717, 1.165) is 0 Å². The standard InChI is InChI=1S/C4H4N2O2.C2HF3O2/c5-3(7)4-6-1-2-8-4;3-2(4,5)1(6)7/h1-2H,(H2,5,7);(H,6,7). The summed E-state index contributed by atoms with van der Waals surface area (Å²) in [6.45, 7) is 0. The van der Waals surface area contributed by atoms with Crippen LogP contribution in [0.15, 0.2) is 16.9 Å². The number of amides is 1. The Morgan fingerprint density at radius 2 is 1.93 bits per heavy atom. The molecule has 6 nitrogen and oxygen atoms in total. The number of primary amides is 1. The molecule has 0 unspecified atom stereocenters. The predicted molar refractivity (Wildman–Crippen MR) is 38.7 cm³/mol. The van der Waals surface area contributed by atoms with Gasteiger partial charge in [-0.15, -0.1) is 0 Å². The maximum absolute atomic E-state index is 10.6. The van der Waals surface area contributed by atoms with Crippen molar-refractivity contribution in [3.63, 3.8) is 0 Å². The number of carbonyl (C=O) groups excluding carboxylic acids is 1. The van der Waals surface area contributed by atoms with Crippen LogP contribution in [-0.4, -0.2) is 28.1 Å². The number of aliphatic carboxylic acids is 1. The van der Waals surface area contributed by atoms with Crippen LogP contribution in [0.3, 0.4) is 0 Å². The largest absolute Gasteiger partial charge is 0.490 e. The van der Waals surface area contributed by atoms with Crippen molar-refractivity contribution < 1.29 is 32.3 Å². The number of nitrogens with two attached hydrogens (primary N) is 1. The molecule has 9 heteroatoms. The highest BCUT2D eigenvalue weighted by Gasteiger charge is 2.38. The topological polar surface area (TPSA) is 106 Å². The zero-order valence-corrected chi connectivity index (χ0v) is 6.99. The number of rotatable bonds is 1. The van der Waals surface area contributed by atoms with E-state index in [1.54, 1.807) is 0 Å². The Kier molecular flexibility index (Phi) is 4.30. The first-order chi connectivity index (χ1) is 6.75. The van der Waals surface area contributed by atoms with Crippen LogP contribution in [0.1, 0.15) is 10.7 Å². The van der Waals surface area contributed by atoms with Crippen LogP contribution >= 0.6 is 0 Å². The lowest BCUT2D eigenvalue weighted by Gasteiger charge is -1.93. The summed E-state index contributed by atoms with van der Waals surface area (Å²) < 4.78 is 36.2. The van der Waals surface area contributed by atoms with E-state index in [-0.39, 0.29) is 5.89 Å². The SMILES string of the molecule is NC(=O)c1ncco1.O=C(O)C(F)(F)F. The maximum atomic E-state index is 10.6. The average molecular weight is 226 g/mol. The molecule has 0 saturated carbocycles. The van der Waals surface area contributed by atoms with Gasteiger partial charge in [0.05, 0.1) is 6.20 Å². The van der Waals surface area contributed by atoms with Crippen LogP contribution in [-0.2, 0) is 4.79 Å². The summed E-state index contributed by atoms with van der Waals surface area (Å²) in [6, 6.07) is 0. The van der Waals surface area contributed by atoms with Crippen molar-refractivity contribution in [2.45, 2.75) is 6.18 Å². The molecule has 1 rings (SSSR count). The number of carbonyl (C=O) groups is 2. The Labute approximate surface area is 80.5 Å². The van der Waals surface area contributed by atoms with Crippen molar-refractivity contribution in [3.8, 4) is 0 Å². The van der Waals surface area contributed by atoms with Crippen molar-refractivity contribution >= 4 is 11.9 Å². The number of halogens is 3. The van der Waals surface area contributed by atoms with E-state index in [0.29, 0.717) is 0 Å². The second-order valence-electron chi connectivity index (χ2n) is 2.00. The molecule has 0 spiro atoms. The van der Waals surface area contributed by atoms with E-state index in [1.807, 2.05) is 0 Å². The highest BCUT2D eigenvalue weighted by molar-refractivity contribution is 5.87. The van der Waals surface area contributed by atoms with E-state index in [1.165, 1.54) is 12.5 Å². The summed E-state index contributed by atoms with van der Waals surface area (Å²) in [5.74, 6) is -3.45. The summed E-state index contributed by atoms with van der Waals surface area (Å²) in [5, 5.41) is 7.12. The molecule has 0 fully saturated rings. The van der Waals surface area contributed by atoms with Crippen LogP contribution in [0.2, 0.25) is 0 Å². The fourth-order valence-corrected chi connectivity index (χ4v) is 0.345. The average Bonchev–Trinajstić information content (AvgIpc) is 2.54. The van der Waals surface area contributed by atoms with Gasteiger partial charge in [-0.25, -0.2) is 9.78 Å². The van der Waals surface area contributed by atoms with Gasteiger partial charge in [0, 0.05) is 0 Å². The zero-order chi connectivity index (χ0) is 12.1. The lowest BCUT2D eigenvalue weighted by atomic mass is 10.6. The molecular weight excluding hydrogens is 221 g/mol. The molecular formula is C6H5F3N2O4. The Bertz CT molecular complexity index is 333. The lowest BCUT2D eigenvalue weighted by molar-refractivity contribution is -0.192. The lowest BCUT2D eigenvalue weighted by Crippen LogP contribution is -2.21. The number of hydrogen-bond acceptors (Lipinski definition) is 4. The highest BCUT2D eigenvalue weighted by Crippen LogP contribution is 2.13. The van der Waals surface area contributed by atoms with Gasteiger partial charge in [0.15, 0.2) is 0 Å². The van der Waals surface area contributed by atoms with Crippen molar-refractivity contribution in [2.75, 3.05) is 0 Å². The second-order valence-corrected chi connectivity index (χ2v) is 2.00. The first-order valence-electron chi connectivity index (χ1n) is 3.24.